The molecule has 1 aliphatic rings. The van der Waals surface area contributed by atoms with Gasteiger partial charge in [0.05, 0.1) is 12.7 Å². The molecule has 0 saturated carbocycles. The van der Waals surface area contributed by atoms with E-state index in [0.29, 0.717) is 13.0 Å². The molecule has 0 unspecified atom stereocenters. The van der Waals surface area contributed by atoms with Crippen LogP contribution in [0.15, 0.2) is 40.9 Å². The normalized spacial score (nSPS) is 14.2. The molecule has 2 aromatic rings. The highest BCUT2D eigenvalue weighted by Crippen LogP contribution is 2.20. The smallest absolute Gasteiger partial charge is 0.222 e. The van der Waals surface area contributed by atoms with Crippen LogP contribution in [0.4, 0.5) is 0 Å². The molecule has 1 fully saturated rings. The van der Waals surface area contributed by atoms with Crippen molar-refractivity contribution < 1.29 is 9.21 Å². The van der Waals surface area contributed by atoms with Crippen molar-refractivity contribution in [2.24, 2.45) is 5.73 Å². The molecule has 0 atom stereocenters. The van der Waals surface area contributed by atoms with Crippen molar-refractivity contribution in [2.45, 2.75) is 38.6 Å². The van der Waals surface area contributed by atoms with Gasteiger partial charge in [-0.05, 0) is 19.4 Å². The lowest BCUT2D eigenvalue weighted by Crippen LogP contribution is -2.48. The highest BCUT2D eigenvalue weighted by Gasteiger charge is 2.21. The number of aromatic nitrogens is 1. The van der Waals surface area contributed by atoms with Crippen molar-refractivity contribution in [3.05, 3.63) is 42.4 Å². The minimum Gasteiger partial charge on any atom is -0.439 e. The summed E-state index contributed by atoms with van der Waals surface area (Å²) in [6.45, 7) is 4.73. The summed E-state index contributed by atoms with van der Waals surface area (Å²) >= 11 is 0. The molecule has 0 aliphatic carbocycles. The van der Waals surface area contributed by atoms with E-state index in [0.717, 1.165) is 75.6 Å². The number of piperazine rings is 1. The number of nitrogens with zero attached hydrogens (tertiary/aromatic N) is 3. The first-order valence-electron chi connectivity index (χ1n) is 9.96. The molecule has 1 aliphatic heterocycles. The molecule has 2 heterocycles. The molecule has 1 saturated heterocycles. The third-order valence-corrected chi connectivity index (χ3v) is 5.04. The Kier molecular flexibility index (Phi) is 11.9. The van der Waals surface area contributed by atoms with Gasteiger partial charge in [-0.1, -0.05) is 43.2 Å². The monoisotopic (exact) mass is 442 g/mol. The van der Waals surface area contributed by atoms with E-state index < -0.39 is 0 Å². The zero-order valence-electron chi connectivity index (χ0n) is 16.8. The van der Waals surface area contributed by atoms with Crippen molar-refractivity contribution in [3.63, 3.8) is 0 Å². The van der Waals surface area contributed by atoms with Crippen molar-refractivity contribution in [1.29, 1.82) is 0 Å². The largest absolute Gasteiger partial charge is 0.439 e. The molecular weight excluding hydrogens is 411 g/mol. The van der Waals surface area contributed by atoms with E-state index in [4.69, 9.17) is 10.2 Å². The van der Waals surface area contributed by atoms with Crippen LogP contribution in [0.25, 0.3) is 11.3 Å². The Labute approximate surface area is 185 Å². The Balaban J connectivity index is 0.00000210. The van der Waals surface area contributed by atoms with Crippen LogP contribution in [0.1, 0.15) is 38.0 Å². The summed E-state index contributed by atoms with van der Waals surface area (Å²) in [4.78, 5) is 21.0. The second-order valence-electron chi connectivity index (χ2n) is 7.09. The van der Waals surface area contributed by atoms with Gasteiger partial charge in [0.15, 0.2) is 5.76 Å². The third-order valence-electron chi connectivity index (χ3n) is 5.04. The van der Waals surface area contributed by atoms with Crippen LogP contribution in [0.3, 0.4) is 0 Å². The van der Waals surface area contributed by atoms with E-state index in [1.807, 2.05) is 35.2 Å². The average molecular weight is 443 g/mol. The minimum absolute atomic E-state index is 0. The number of carbonyl (C=O) groups excluding carboxylic acids is 1. The first-order chi connectivity index (χ1) is 13.3. The first kappa shape index (κ1) is 25.4. The van der Waals surface area contributed by atoms with Gasteiger partial charge >= 0.3 is 0 Å². The highest BCUT2D eigenvalue weighted by molar-refractivity contribution is 5.85. The van der Waals surface area contributed by atoms with E-state index in [2.05, 4.69) is 9.88 Å². The van der Waals surface area contributed by atoms with E-state index in [1.165, 1.54) is 0 Å². The minimum atomic E-state index is 0. The fourth-order valence-corrected chi connectivity index (χ4v) is 3.40. The van der Waals surface area contributed by atoms with E-state index >= 15 is 0 Å². The summed E-state index contributed by atoms with van der Waals surface area (Å²) in [7, 11) is 0. The van der Waals surface area contributed by atoms with Gasteiger partial charge in [0, 0.05) is 38.2 Å². The second kappa shape index (κ2) is 13.6. The first-order valence-corrected chi connectivity index (χ1v) is 9.96. The Morgan fingerprint density at radius 3 is 2.38 bits per heavy atom. The number of nitrogens with two attached hydrogens (primary N) is 1. The Morgan fingerprint density at radius 1 is 1.00 bits per heavy atom. The van der Waals surface area contributed by atoms with Crippen LogP contribution in [-0.2, 0) is 11.3 Å². The summed E-state index contributed by atoms with van der Waals surface area (Å²) in [6.07, 6.45) is 6.69. The average Bonchev–Trinajstić information content (AvgIpc) is 3.17. The van der Waals surface area contributed by atoms with Crippen molar-refractivity contribution in [3.8, 4) is 11.3 Å². The summed E-state index contributed by atoms with van der Waals surface area (Å²) in [5, 5.41) is 0. The van der Waals surface area contributed by atoms with Gasteiger partial charge in [-0.25, -0.2) is 4.98 Å². The zero-order chi connectivity index (χ0) is 18.9. The van der Waals surface area contributed by atoms with Crippen LogP contribution in [0.5, 0.6) is 0 Å². The molecule has 0 radical (unpaired) electrons. The van der Waals surface area contributed by atoms with Crippen molar-refractivity contribution in [2.75, 3.05) is 32.7 Å². The fourth-order valence-electron chi connectivity index (χ4n) is 3.40. The molecular formula is C21H32Cl2N4O2. The van der Waals surface area contributed by atoms with E-state index in [1.54, 1.807) is 6.20 Å². The van der Waals surface area contributed by atoms with Crippen molar-refractivity contribution >= 4 is 30.7 Å². The molecule has 1 aromatic heterocycles. The predicted octanol–water partition coefficient (Wildman–Crippen LogP) is 3.74. The molecule has 1 aromatic carbocycles. The number of rotatable bonds is 9. The summed E-state index contributed by atoms with van der Waals surface area (Å²) in [5.74, 6) is 1.81. The Bertz CT molecular complexity index is 704. The molecule has 8 heteroatoms. The van der Waals surface area contributed by atoms with Crippen LogP contribution >= 0.6 is 24.8 Å². The lowest BCUT2D eigenvalue weighted by molar-refractivity contribution is -0.133. The predicted molar refractivity (Wildman–Crippen MR) is 120 cm³/mol. The highest BCUT2D eigenvalue weighted by atomic mass is 35.5. The van der Waals surface area contributed by atoms with Crippen LogP contribution < -0.4 is 5.73 Å². The lowest BCUT2D eigenvalue weighted by atomic mass is 10.1. The summed E-state index contributed by atoms with van der Waals surface area (Å²) in [6, 6.07) is 10.0. The summed E-state index contributed by atoms with van der Waals surface area (Å²) in [5.41, 5.74) is 6.54. The van der Waals surface area contributed by atoms with Gasteiger partial charge in [0.2, 0.25) is 11.8 Å². The summed E-state index contributed by atoms with van der Waals surface area (Å²) < 4.78 is 5.89. The van der Waals surface area contributed by atoms with Gasteiger partial charge in [0.1, 0.15) is 0 Å². The second-order valence-corrected chi connectivity index (χ2v) is 7.09. The molecule has 3 rings (SSSR count). The quantitative estimate of drug-likeness (QED) is 0.598. The Hall–Kier alpha value is -1.60. The molecule has 0 bridgehead atoms. The van der Waals surface area contributed by atoms with Crippen molar-refractivity contribution in [1.82, 2.24) is 14.8 Å². The van der Waals surface area contributed by atoms with Gasteiger partial charge in [0.25, 0.3) is 0 Å². The number of hydrogen-bond donors (Lipinski definition) is 1. The van der Waals surface area contributed by atoms with Gasteiger partial charge in [-0.15, -0.1) is 24.8 Å². The maximum atomic E-state index is 12.3. The maximum Gasteiger partial charge on any atom is 0.222 e. The molecule has 2 N–H and O–H groups in total. The van der Waals surface area contributed by atoms with Gasteiger partial charge in [-0.3, -0.25) is 9.69 Å². The number of carbonyl (C=O) groups is 1. The topological polar surface area (TPSA) is 75.6 Å². The molecule has 6 nitrogen and oxygen atoms in total. The molecule has 1 amide bonds. The Morgan fingerprint density at radius 2 is 1.69 bits per heavy atom. The number of amides is 1. The van der Waals surface area contributed by atoms with Gasteiger partial charge < -0.3 is 15.1 Å². The van der Waals surface area contributed by atoms with Gasteiger partial charge in [-0.2, -0.15) is 0 Å². The zero-order valence-corrected chi connectivity index (χ0v) is 18.4. The SMILES string of the molecule is Cl.Cl.NCCCCCCC(=O)N1CCN(Cc2ncc(-c3ccccc3)o2)CC1. The number of halogens is 2. The molecule has 162 valence electrons. The number of unbranched alkanes of at least 4 members (excludes halogenated alkanes) is 3. The van der Waals surface area contributed by atoms with E-state index in [9.17, 15) is 4.79 Å². The van der Waals surface area contributed by atoms with Crippen LogP contribution in [0, 0.1) is 0 Å². The van der Waals surface area contributed by atoms with Crippen LogP contribution in [-0.4, -0.2) is 53.4 Å². The third kappa shape index (κ3) is 7.97. The molecule has 0 spiro atoms. The van der Waals surface area contributed by atoms with E-state index in [-0.39, 0.29) is 30.7 Å². The number of hydrogen-bond acceptors (Lipinski definition) is 5. The maximum absolute atomic E-state index is 12.3. The number of oxazole rings is 1. The standard InChI is InChI=1S/C21H30N4O2.2ClH/c22-11-7-2-1-6-10-21(26)25-14-12-24(13-15-25)17-20-23-16-19(27-20)18-8-4-3-5-9-18;;/h3-5,8-9,16H,1-2,6-7,10-15,17,22H2;2*1H. The number of benzene rings is 1. The fraction of sp³-hybridized carbons (Fsp3) is 0.524. The van der Waals surface area contributed by atoms with Crippen LogP contribution in [0.2, 0.25) is 0 Å². The lowest BCUT2D eigenvalue weighted by Gasteiger charge is -2.34. The molecule has 29 heavy (non-hydrogen) atoms.